The Bertz CT molecular complexity index is 481. The molecule has 3 heteroatoms. The summed E-state index contributed by atoms with van der Waals surface area (Å²) < 4.78 is 1.23. The largest absolute Gasteiger partial charge is 0.323 e. The van der Waals surface area contributed by atoms with E-state index in [-0.39, 0.29) is 6.04 Å². The van der Waals surface area contributed by atoms with Gasteiger partial charge in [0.15, 0.2) is 0 Å². The topological polar surface area (TPSA) is 49.8 Å². The Morgan fingerprint density at radius 1 is 1.43 bits per heavy atom. The zero-order chi connectivity index (χ0) is 9.97. The van der Waals surface area contributed by atoms with Gasteiger partial charge < -0.3 is 5.73 Å². The third-order valence-corrected chi connectivity index (χ3v) is 3.20. The molecule has 2 N–H and O–H groups in total. The first-order chi connectivity index (χ1) is 6.83. The van der Waals surface area contributed by atoms with Crippen LogP contribution in [0.3, 0.4) is 0 Å². The molecule has 0 amide bonds. The summed E-state index contributed by atoms with van der Waals surface area (Å²) in [5.74, 6) is 0. The van der Waals surface area contributed by atoms with Gasteiger partial charge in [0.25, 0.3) is 0 Å². The minimum atomic E-state index is -0.156. The fourth-order valence-electron chi connectivity index (χ4n) is 1.49. The Balaban J connectivity index is 2.48. The zero-order valence-corrected chi connectivity index (χ0v) is 8.42. The highest BCUT2D eigenvalue weighted by Gasteiger charge is 2.10. The molecule has 1 heterocycles. The number of fused-ring (bicyclic) bond motifs is 1. The summed E-state index contributed by atoms with van der Waals surface area (Å²) in [7, 11) is 0. The SMILES string of the molecule is N#CC[C@@H](N)c1csc2ccccc12. The number of nitrogens with zero attached hydrogens (tertiary/aromatic N) is 1. The van der Waals surface area contributed by atoms with Crippen LogP contribution < -0.4 is 5.73 Å². The number of rotatable bonds is 2. The number of hydrogen-bond acceptors (Lipinski definition) is 3. The van der Waals surface area contributed by atoms with E-state index in [1.54, 1.807) is 11.3 Å². The van der Waals surface area contributed by atoms with Crippen LogP contribution in [-0.4, -0.2) is 0 Å². The number of benzene rings is 1. The number of nitriles is 1. The first kappa shape index (κ1) is 9.20. The van der Waals surface area contributed by atoms with Gasteiger partial charge in [-0.15, -0.1) is 11.3 Å². The van der Waals surface area contributed by atoms with E-state index < -0.39 is 0 Å². The highest BCUT2D eigenvalue weighted by molar-refractivity contribution is 7.17. The third-order valence-electron chi connectivity index (χ3n) is 2.22. The van der Waals surface area contributed by atoms with Crippen LogP contribution in [0.15, 0.2) is 29.6 Å². The van der Waals surface area contributed by atoms with E-state index in [1.165, 1.54) is 10.1 Å². The van der Waals surface area contributed by atoms with Gasteiger partial charge in [0, 0.05) is 10.7 Å². The Morgan fingerprint density at radius 2 is 2.21 bits per heavy atom. The average Bonchev–Trinajstić information content (AvgIpc) is 2.61. The van der Waals surface area contributed by atoms with Crippen molar-refractivity contribution in [2.75, 3.05) is 0 Å². The van der Waals surface area contributed by atoms with Crippen LogP contribution in [0, 0.1) is 11.3 Å². The highest BCUT2D eigenvalue weighted by Crippen LogP contribution is 2.30. The molecule has 2 aromatic rings. The summed E-state index contributed by atoms with van der Waals surface area (Å²) >= 11 is 1.68. The third kappa shape index (κ3) is 1.50. The summed E-state index contributed by atoms with van der Waals surface area (Å²) in [6.45, 7) is 0. The smallest absolute Gasteiger partial charge is 0.0641 e. The van der Waals surface area contributed by atoms with Crippen molar-refractivity contribution in [1.29, 1.82) is 5.26 Å². The first-order valence-corrected chi connectivity index (χ1v) is 5.29. The Morgan fingerprint density at radius 3 is 3.00 bits per heavy atom. The molecule has 0 radical (unpaired) electrons. The molecule has 0 saturated carbocycles. The molecule has 1 aromatic heterocycles. The fourth-order valence-corrected chi connectivity index (χ4v) is 2.52. The molecule has 2 nitrogen and oxygen atoms in total. The van der Waals surface area contributed by atoms with E-state index in [0.717, 1.165) is 5.56 Å². The monoisotopic (exact) mass is 202 g/mol. The fraction of sp³-hybridized carbons (Fsp3) is 0.182. The summed E-state index contributed by atoms with van der Waals surface area (Å²) in [5, 5.41) is 11.8. The number of hydrogen-bond donors (Lipinski definition) is 1. The minimum Gasteiger partial charge on any atom is -0.323 e. The van der Waals surface area contributed by atoms with Crippen molar-refractivity contribution in [1.82, 2.24) is 0 Å². The molecule has 1 atom stereocenters. The van der Waals surface area contributed by atoms with E-state index >= 15 is 0 Å². The van der Waals surface area contributed by atoms with E-state index in [2.05, 4.69) is 18.2 Å². The molecule has 0 spiro atoms. The van der Waals surface area contributed by atoms with Crippen molar-refractivity contribution in [2.45, 2.75) is 12.5 Å². The molecule has 2 rings (SSSR count). The molecule has 0 bridgehead atoms. The van der Waals surface area contributed by atoms with Crippen molar-refractivity contribution in [3.05, 3.63) is 35.2 Å². The van der Waals surface area contributed by atoms with E-state index in [0.29, 0.717) is 6.42 Å². The number of nitrogens with two attached hydrogens (primary N) is 1. The molecule has 0 unspecified atom stereocenters. The van der Waals surface area contributed by atoms with Crippen LogP contribution >= 0.6 is 11.3 Å². The molecule has 0 fully saturated rings. The van der Waals surface area contributed by atoms with Crippen LogP contribution in [0.1, 0.15) is 18.0 Å². The van der Waals surface area contributed by atoms with Crippen molar-refractivity contribution < 1.29 is 0 Å². The molecule has 0 aliphatic rings. The van der Waals surface area contributed by atoms with E-state index in [9.17, 15) is 0 Å². The van der Waals surface area contributed by atoms with Crippen LogP contribution in [0.5, 0.6) is 0 Å². The maximum Gasteiger partial charge on any atom is 0.0641 e. The summed E-state index contributed by atoms with van der Waals surface area (Å²) in [6, 6.07) is 10.1. The lowest BCUT2D eigenvalue weighted by Gasteiger charge is -2.05. The molecule has 14 heavy (non-hydrogen) atoms. The Labute approximate surface area is 86.6 Å². The van der Waals surface area contributed by atoms with E-state index in [4.69, 9.17) is 11.0 Å². The van der Waals surface area contributed by atoms with Crippen molar-refractivity contribution in [3.8, 4) is 6.07 Å². The summed E-state index contributed by atoms with van der Waals surface area (Å²) in [5.41, 5.74) is 6.99. The minimum absolute atomic E-state index is 0.156. The van der Waals surface area contributed by atoms with Crippen molar-refractivity contribution in [3.63, 3.8) is 0 Å². The second kappa shape index (κ2) is 3.79. The van der Waals surface area contributed by atoms with Gasteiger partial charge in [0.2, 0.25) is 0 Å². The lowest BCUT2D eigenvalue weighted by Crippen LogP contribution is -2.08. The highest BCUT2D eigenvalue weighted by atomic mass is 32.1. The molecule has 70 valence electrons. The molecular formula is C11H10N2S. The molecule has 0 aliphatic heterocycles. The molecule has 0 aliphatic carbocycles. The van der Waals surface area contributed by atoms with Gasteiger partial charge in [0.1, 0.15) is 0 Å². The normalized spacial score (nSPS) is 12.6. The second-order valence-corrected chi connectivity index (χ2v) is 4.07. The molecule has 1 aromatic carbocycles. The zero-order valence-electron chi connectivity index (χ0n) is 7.60. The Kier molecular flexibility index (Phi) is 2.49. The lowest BCUT2D eigenvalue weighted by molar-refractivity contribution is 0.758. The van der Waals surface area contributed by atoms with Crippen LogP contribution in [0.25, 0.3) is 10.1 Å². The van der Waals surface area contributed by atoms with Gasteiger partial charge in [0.05, 0.1) is 12.5 Å². The molecule has 0 saturated heterocycles. The van der Waals surface area contributed by atoms with Gasteiger partial charge >= 0.3 is 0 Å². The molecular weight excluding hydrogens is 192 g/mol. The summed E-state index contributed by atoms with van der Waals surface area (Å²) in [6.07, 6.45) is 0.376. The first-order valence-electron chi connectivity index (χ1n) is 4.41. The van der Waals surface area contributed by atoms with Gasteiger partial charge in [-0.3, -0.25) is 0 Å². The van der Waals surface area contributed by atoms with Gasteiger partial charge in [-0.25, -0.2) is 0 Å². The lowest BCUT2D eigenvalue weighted by atomic mass is 10.0. The summed E-state index contributed by atoms with van der Waals surface area (Å²) in [4.78, 5) is 0. The van der Waals surface area contributed by atoms with Crippen LogP contribution in [-0.2, 0) is 0 Å². The van der Waals surface area contributed by atoms with Gasteiger partial charge in [-0.1, -0.05) is 18.2 Å². The average molecular weight is 202 g/mol. The van der Waals surface area contributed by atoms with Crippen molar-refractivity contribution in [2.24, 2.45) is 5.73 Å². The second-order valence-electron chi connectivity index (χ2n) is 3.16. The van der Waals surface area contributed by atoms with Crippen LogP contribution in [0.4, 0.5) is 0 Å². The quantitative estimate of drug-likeness (QED) is 0.814. The Hall–Kier alpha value is -1.37. The maximum atomic E-state index is 8.58. The van der Waals surface area contributed by atoms with Gasteiger partial charge in [-0.05, 0) is 22.4 Å². The maximum absolute atomic E-state index is 8.58. The number of thiophene rings is 1. The predicted octanol–water partition coefficient (Wildman–Crippen LogP) is 2.81. The standard InChI is InChI=1S/C11H10N2S/c12-6-5-10(13)9-7-14-11-4-2-1-3-8(9)11/h1-4,7,10H,5,13H2/t10-/m1/s1. The predicted molar refractivity (Wildman–Crippen MR) is 59.0 cm³/mol. The van der Waals surface area contributed by atoms with Crippen molar-refractivity contribution >= 4 is 21.4 Å². The van der Waals surface area contributed by atoms with Crippen LogP contribution in [0.2, 0.25) is 0 Å². The van der Waals surface area contributed by atoms with E-state index in [1.807, 2.05) is 17.5 Å². The van der Waals surface area contributed by atoms with Gasteiger partial charge in [-0.2, -0.15) is 5.26 Å².